The number of benzene rings is 1. The Bertz CT molecular complexity index is 403. The van der Waals surface area contributed by atoms with Gasteiger partial charge < -0.3 is 0 Å². The van der Waals surface area contributed by atoms with Gasteiger partial charge in [0.15, 0.2) is 0 Å². The van der Waals surface area contributed by atoms with Gasteiger partial charge >= 0.3 is 0 Å². The second-order valence-electron chi connectivity index (χ2n) is 3.91. The molecule has 0 aliphatic rings. The first kappa shape index (κ1) is 13.6. The van der Waals surface area contributed by atoms with Crippen LogP contribution in [0.4, 0.5) is 5.69 Å². The molecule has 0 aromatic heterocycles. The maximum absolute atomic E-state index is 11.3. The molecule has 1 rings (SSSR count). The van der Waals surface area contributed by atoms with Crippen molar-refractivity contribution in [3.8, 4) is 0 Å². The molecule has 0 saturated heterocycles. The van der Waals surface area contributed by atoms with E-state index in [1.54, 1.807) is 19.1 Å². The summed E-state index contributed by atoms with van der Waals surface area (Å²) in [5.41, 5.74) is 0.978. The molecule has 17 heavy (non-hydrogen) atoms. The molecule has 0 bridgehead atoms. The van der Waals surface area contributed by atoms with Crippen LogP contribution in [-0.2, 0) is 11.2 Å². The third kappa shape index (κ3) is 4.15. The molecule has 1 aromatic carbocycles. The maximum Gasteiger partial charge on any atom is 0.269 e. The number of hydrogen-bond acceptors (Lipinski definition) is 3. The summed E-state index contributed by atoms with van der Waals surface area (Å²) in [6.45, 7) is 1.54. The zero-order valence-corrected chi connectivity index (χ0v) is 10.3. The lowest BCUT2D eigenvalue weighted by Gasteiger charge is -2.11. The zero-order valence-electron chi connectivity index (χ0n) is 9.56. The fourth-order valence-electron chi connectivity index (χ4n) is 1.62. The molecule has 1 unspecified atom stereocenters. The number of ketones is 1. The van der Waals surface area contributed by atoms with Gasteiger partial charge in [0.1, 0.15) is 5.78 Å². The molecule has 0 amide bonds. The highest BCUT2D eigenvalue weighted by atomic mass is 35.5. The predicted molar refractivity (Wildman–Crippen MR) is 66.3 cm³/mol. The Balaban J connectivity index is 2.73. The van der Waals surface area contributed by atoms with E-state index in [0.717, 1.165) is 5.56 Å². The molecule has 92 valence electrons. The predicted octanol–water partition coefficient (Wildman–Crippen LogP) is 2.97. The second kappa shape index (κ2) is 6.35. The highest BCUT2D eigenvalue weighted by Crippen LogP contribution is 2.17. The number of carbonyl (C=O) groups is 1. The monoisotopic (exact) mass is 255 g/mol. The van der Waals surface area contributed by atoms with Gasteiger partial charge in [0.25, 0.3) is 5.69 Å². The average Bonchev–Trinajstić information content (AvgIpc) is 2.29. The number of Topliss-reactive ketones (excluding diaryl/α,β-unsaturated/α-hetero) is 1. The molecule has 0 aliphatic heterocycles. The van der Waals surface area contributed by atoms with Gasteiger partial charge in [-0.05, 0) is 25.3 Å². The first-order chi connectivity index (χ1) is 8.04. The van der Waals surface area contributed by atoms with E-state index in [-0.39, 0.29) is 17.4 Å². The molecule has 0 fully saturated rings. The summed E-state index contributed by atoms with van der Waals surface area (Å²) in [5.74, 6) is 0.440. The zero-order chi connectivity index (χ0) is 12.8. The van der Waals surface area contributed by atoms with Crippen LogP contribution in [-0.4, -0.2) is 16.6 Å². The van der Waals surface area contributed by atoms with E-state index in [2.05, 4.69) is 0 Å². The topological polar surface area (TPSA) is 60.2 Å². The molecule has 5 heteroatoms. The number of hydrogen-bond donors (Lipinski definition) is 0. The lowest BCUT2D eigenvalue weighted by atomic mass is 9.93. The summed E-state index contributed by atoms with van der Waals surface area (Å²) in [5, 5.41) is 10.5. The molecule has 1 aromatic rings. The van der Waals surface area contributed by atoms with Crippen molar-refractivity contribution in [2.45, 2.75) is 19.8 Å². The van der Waals surface area contributed by atoms with Crippen LogP contribution in [0.5, 0.6) is 0 Å². The molecule has 0 radical (unpaired) electrons. The minimum atomic E-state index is -0.439. The Morgan fingerprint density at radius 1 is 1.41 bits per heavy atom. The van der Waals surface area contributed by atoms with E-state index >= 15 is 0 Å². The number of nitro benzene ring substituents is 1. The third-order valence-corrected chi connectivity index (χ3v) is 2.88. The minimum absolute atomic E-state index is 0.0606. The minimum Gasteiger partial charge on any atom is -0.300 e. The van der Waals surface area contributed by atoms with Crippen molar-refractivity contribution >= 4 is 23.1 Å². The second-order valence-corrected chi connectivity index (χ2v) is 4.29. The van der Waals surface area contributed by atoms with Crippen molar-refractivity contribution in [2.24, 2.45) is 5.92 Å². The fraction of sp³-hybridized carbons (Fsp3) is 0.417. The summed E-state index contributed by atoms with van der Waals surface area (Å²) in [7, 11) is 0. The van der Waals surface area contributed by atoms with Gasteiger partial charge in [0.2, 0.25) is 0 Å². The van der Waals surface area contributed by atoms with Crippen LogP contribution in [0.15, 0.2) is 24.3 Å². The Kier molecular flexibility index (Phi) is 5.10. The molecule has 0 N–H and O–H groups in total. The number of alkyl halides is 1. The fourth-order valence-corrected chi connectivity index (χ4v) is 1.88. The smallest absolute Gasteiger partial charge is 0.269 e. The van der Waals surface area contributed by atoms with Gasteiger partial charge in [0, 0.05) is 23.9 Å². The number of carbonyl (C=O) groups excluding carboxylic acids is 1. The number of rotatable bonds is 6. The van der Waals surface area contributed by atoms with E-state index in [1.165, 1.54) is 12.1 Å². The van der Waals surface area contributed by atoms with E-state index in [1.807, 2.05) is 0 Å². The molecule has 0 aliphatic carbocycles. The molecule has 0 heterocycles. The quantitative estimate of drug-likeness (QED) is 0.446. The van der Waals surface area contributed by atoms with Gasteiger partial charge in [-0.1, -0.05) is 12.1 Å². The SMILES string of the molecule is CC(=O)C(CCCl)Cc1ccc([N+](=O)[O-])cc1. The first-order valence-corrected chi connectivity index (χ1v) is 5.87. The van der Waals surface area contributed by atoms with Crippen molar-refractivity contribution in [2.75, 3.05) is 5.88 Å². The lowest BCUT2D eigenvalue weighted by molar-refractivity contribution is -0.384. The van der Waals surface area contributed by atoms with Crippen molar-refractivity contribution in [1.82, 2.24) is 0 Å². The summed E-state index contributed by atoms with van der Waals surface area (Å²) in [6, 6.07) is 6.27. The molecule has 0 saturated carbocycles. The lowest BCUT2D eigenvalue weighted by Crippen LogP contribution is -2.14. The summed E-state index contributed by atoms with van der Waals surface area (Å²) >= 11 is 5.63. The van der Waals surface area contributed by atoms with Crippen LogP contribution in [0.2, 0.25) is 0 Å². The largest absolute Gasteiger partial charge is 0.300 e. The highest BCUT2D eigenvalue weighted by molar-refractivity contribution is 6.18. The van der Waals surface area contributed by atoms with Crippen molar-refractivity contribution < 1.29 is 9.72 Å². The molecule has 0 spiro atoms. The van der Waals surface area contributed by atoms with Crippen LogP contribution >= 0.6 is 11.6 Å². The van der Waals surface area contributed by atoms with Crippen molar-refractivity contribution in [3.05, 3.63) is 39.9 Å². The van der Waals surface area contributed by atoms with Gasteiger partial charge in [-0.3, -0.25) is 14.9 Å². The van der Waals surface area contributed by atoms with Crippen LogP contribution < -0.4 is 0 Å². The van der Waals surface area contributed by atoms with Crippen LogP contribution in [0.3, 0.4) is 0 Å². The van der Waals surface area contributed by atoms with Crippen LogP contribution in [0.1, 0.15) is 18.9 Å². The number of halogens is 1. The molecule has 4 nitrogen and oxygen atoms in total. The normalized spacial score (nSPS) is 12.1. The highest BCUT2D eigenvalue weighted by Gasteiger charge is 2.14. The van der Waals surface area contributed by atoms with Gasteiger partial charge in [-0.2, -0.15) is 0 Å². The Labute approximate surface area is 105 Å². The van der Waals surface area contributed by atoms with Gasteiger partial charge in [0.05, 0.1) is 4.92 Å². The Morgan fingerprint density at radius 2 is 2.00 bits per heavy atom. The number of nitrogens with zero attached hydrogens (tertiary/aromatic N) is 1. The molecule has 1 atom stereocenters. The van der Waals surface area contributed by atoms with E-state index < -0.39 is 4.92 Å². The third-order valence-electron chi connectivity index (χ3n) is 2.66. The van der Waals surface area contributed by atoms with E-state index in [9.17, 15) is 14.9 Å². The van der Waals surface area contributed by atoms with Crippen LogP contribution in [0, 0.1) is 16.0 Å². The molecular weight excluding hydrogens is 242 g/mol. The van der Waals surface area contributed by atoms with Gasteiger partial charge in [-0.15, -0.1) is 11.6 Å². The van der Waals surface area contributed by atoms with Crippen molar-refractivity contribution in [1.29, 1.82) is 0 Å². The summed E-state index contributed by atoms with van der Waals surface area (Å²) < 4.78 is 0. The number of nitro groups is 1. The van der Waals surface area contributed by atoms with E-state index in [4.69, 9.17) is 11.6 Å². The first-order valence-electron chi connectivity index (χ1n) is 5.34. The maximum atomic E-state index is 11.3. The molecular formula is C12H14ClNO3. The standard InChI is InChI=1S/C12H14ClNO3/c1-9(15)11(6-7-13)8-10-2-4-12(5-3-10)14(16)17/h2-5,11H,6-8H2,1H3. The Hall–Kier alpha value is -1.42. The number of non-ortho nitro benzene ring substituents is 1. The Morgan fingerprint density at radius 3 is 2.41 bits per heavy atom. The van der Waals surface area contributed by atoms with E-state index in [0.29, 0.717) is 18.7 Å². The van der Waals surface area contributed by atoms with Gasteiger partial charge in [-0.25, -0.2) is 0 Å². The van der Waals surface area contributed by atoms with Crippen molar-refractivity contribution in [3.63, 3.8) is 0 Å². The van der Waals surface area contributed by atoms with Crippen LogP contribution in [0.25, 0.3) is 0 Å². The summed E-state index contributed by atoms with van der Waals surface area (Å²) in [4.78, 5) is 21.4. The summed E-state index contributed by atoms with van der Waals surface area (Å²) in [6.07, 6.45) is 1.22. The average molecular weight is 256 g/mol.